The van der Waals surface area contributed by atoms with Crippen LogP contribution in [0.25, 0.3) is 0 Å². The molecule has 0 aliphatic rings. The smallest absolute Gasteiger partial charge is 0.303 e. The van der Waals surface area contributed by atoms with Crippen LogP contribution in [0.3, 0.4) is 0 Å². The van der Waals surface area contributed by atoms with Gasteiger partial charge in [0.2, 0.25) is 0 Å². The summed E-state index contributed by atoms with van der Waals surface area (Å²) < 4.78 is 0. The number of hydrogen-bond acceptors (Lipinski definition) is 3. The second-order valence-corrected chi connectivity index (χ2v) is 5.15. The third-order valence-electron chi connectivity index (χ3n) is 2.64. The first-order chi connectivity index (χ1) is 7.71. The molecular formula is C13H18O4. The van der Waals surface area contributed by atoms with Crippen LogP contribution in [0.1, 0.15) is 38.3 Å². The molecule has 4 nitrogen and oxygen atoms in total. The maximum atomic E-state index is 10.5. The molecule has 0 fully saturated rings. The van der Waals surface area contributed by atoms with E-state index in [1.165, 1.54) is 6.07 Å². The Balaban J connectivity index is 3.11. The predicted octanol–water partition coefficient (Wildman–Crippen LogP) is 2.41. The third kappa shape index (κ3) is 3.37. The molecule has 0 heterocycles. The molecule has 1 aromatic rings. The molecular weight excluding hydrogens is 220 g/mol. The molecule has 0 atom stereocenters. The zero-order chi connectivity index (χ0) is 13.2. The lowest BCUT2D eigenvalue weighted by Gasteiger charge is -2.21. The minimum absolute atomic E-state index is 0.0689. The van der Waals surface area contributed by atoms with Gasteiger partial charge in [-0.25, -0.2) is 0 Å². The Bertz CT molecular complexity index is 430. The van der Waals surface area contributed by atoms with E-state index in [2.05, 4.69) is 0 Å². The van der Waals surface area contributed by atoms with Gasteiger partial charge in [0, 0.05) is 6.42 Å². The number of rotatable bonds is 3. The molecule has 0 unspecified atom stereocenters. The number of phenols is 2. The highest BCUT2D eigenvalue weighted by molar-refractivity contribution is 5.67. The SMILES string of the molecule is CC(C)(C)c1cc(O)c(O)c(CCC(=O)O)c1. The summed E-state index contributed by atoms with van der Waals surface area (Å²) in [6.07, 6.45) is 0.138. The normalized spacial score (nSPS) is 11.5. The lowest BCUT2D eigenvalue weighted by Crippen LogP contribution is -2.11. The second-order valence-electron chi connectivity index (χ2n) is 5.15. The summed E-state index contributed by atoms with van der Waals surface area (Å²) >= 11 is 0. The van der Waals surface area contributed by atoms with Gasteiger partial charge in [-0.2, -0.15) is 0 Å². The number of carboxylic acids is 1. The molecule has 0 radical (unpaired) electrons. The summed E-state index contributed by atoms with van der Waals surface area (Å²) in [6, 6.07) is 3.26. The van der Waals surface area contributed by atoms with E-state index >= 15 is 0 Å². The van der Waals surface area contributed by atoms with Crippen molar-refractivity contribution in [2.45, 2.75) is 39.0 Å². The lowest BCUT2D eigenvalue weighted by atomic mass is 9.85. The Labute approximate surface area is 101 Å². The number of aromatic hydroxyl groups is 2. The topological polar surface area (TPSA) is 77.8 Å². The van der Waals surface area contributed by atoms with Gasteiger partial charge in [0.25, 0.3) is 0 Å². The van der Waals surface area contributed by atoms with Gasteiger partial charge in [-0.3, -0.25) is 4.79 Å². The van der Waals surface area contributed by atoms with Gasteiger partial charge in [-0.15, -0.1) is 0 Å². The highest BCUT2D eigenvalue weighted by atomic mass is 16.4. The standard InChI is InChI=1S/C13H18O4/c1-13(2,3)9-6-8(4-5-11(15)16)12(17)10(14)7-9/h6-7,14,17H,4-5H2,1-3H3,(H,15,16). The van der Waals surface area contributed by atoms with E-state index in [1.807, 2.05) is 20.8 Å². The minimum Gasteiger partial charge on any atom is -0.504 e. The van der Waals surface area contributed by atoms with Crippen molar-refractivity contribution < 1.29 is 20.1 Å². The van der Waals surface area contributed by atoms with Crippen molar-refractivity contribution in [2.24, 2.45) is 0 Å². The summed E-state index contributed by atoms with van der Waals surface area (Å²) in [4.78, 5) is 10.5. The largest absolute Gasteiger partial charge is 0.504 e. The average Bonchev–Trinajstić information content (AvgIpc) is 2.18. The first-order valence-corrected chi connectivity index (χ1v) is 5.49. The zero-order valence-electron chi connectivity index (χ0n) is 10.3. The first-order valence-electron chi connectivity index (χ1n) is 5.49. The average molecular weight is 238 g/mol. The van der Waals surface area contributed by atoms with Crippen molar-refractivity contribution >= 4 is 5.97 Å². The number of hydrogen-bond donors (Lipinski definition) is 3. The number of aryl methyl sites for hydroxylation is 1. The molecule has 0 aliphatic carbocycles. The highest BCUT2D eigenvalue weighted by Crippen LogP contribution is 2.35. The number of benzene rings is 1. The van der Waals surface area contributed by atoms with Crippen LogP contribution in [-0.4, -0.2) is 21.3 Å². The van der Waals surface area contributed by atoms with Crippen LogP contribution in [0.4, 0.5) is 0 Å². The fourth-order valence-corrected chi connectivity index (χ4v) is 1.54. The van der Waals surface area contributed by atoms with Crippen LogP contribution in [-0.2, 0) is 16.6 Å². The number of aliphatic carboxylic acids is 1. The molecule has 1 aromatic carbocycles. The van der Waals surface area contributed by atoms with E-state index in [-0.39, 0.29) is 29.8 Å². The minimum atomic E-state index is -0.926. The van der Waals surface area contributed by atoms with Crippen molar-refractivity contribution in [2.75, 3.05) is 0 Å². The van der Waals surface area contributed by atoms with Gasteiger partial charge in [0.05, 0.1) is 0 Å². The molecule has 0 bridgehead atoms. The van der Waals surface area contributed by atoms with Crippen LogP contribution in [0.5, 0.6) is 11.5 Å². The van der Waals surface area contributed by atoms with Crippen molar-refractivity contribution in [3.63, 3.8) is 0 Å². The number of carbonyl (C=O) groups is 1. The lowest BCUT2D eigenvalue weighted by molar-refractivity contribution is -0.136. The molecule has 0 saturated carbocycles. The van der Waals surface area contributed by atoms with Crippen molar-refractivity contribution in [3.8, 4) is 11.5 Å². The maximum absolute atomic E-state index is 10.5. The molecule has 17 heavy (non-hydrogen) atoms. The summed E-state index contributed by atoms with van der Waals surface area (Å²) in [5, 5.41) is 27.9. The third-order valence-corrected chi connectivity index (χ3v) is 2.64. The summed E-state index contributed by atoms with van der Waals surface area (Å²) in [6.45, 7) is 5.96. The summed E-state index contributed by atoms with van der Waals surface area (Å²) in [7, 11) is 0. The van der Waals surface area contributed by atoms with Gasteiger partial charge >= 0.3 is 5.97 Å². The Hall–Kier alpha value is -1.71. The van der Waals surface area contributed by atoms with E-state index in [0.29, 0.717) is 5.56 Å². The van der Waals surface area contributed by atoms with Crippen LogP contribution in [0.15, 0.2) is 12.1 Å². The fraction of sp³-hybridized carbons (Fsp3) is 0.462. The Morgan fingerprint density at radius 2 is 1.82 bits per heavy atom. The van der Waals surface area contributed by atoms with Gasteiger partial charge in [-0.05, 0) is 29.0 Å². The molecule has 0 saturated heterocycles. The molecule has 0 aliphatic heterocycles. The van der Waals surface area contributed by atoms with E-state index in [1.54, 1.807) is 6.07 Å². The maximum Gasteiger partial charge on any atom is 0.303 e. The predicted molar refractivity (Wildman–Crippen MR) is 64.4 cm³/mol. The van der Waals surface area contributed by atoms with E-state index in [4.69, 9.17) is 5.11 Å². The summed E-state index contributed by atoms with van der Waals surface area (Å²) in [5.74, 6) is -1.35. The molecule has 0 amide bonds. The van der Waals surface area contributed by atoms with Crippen molar-refractivity contribution in [3.05, 3.63) is 23.3 Å². The Morgan fingerprint density at radius 1 is 1.24 bits per heavy atom. The van der Waals surface area contributed by atoms with Gasteiger partial charge in [-0.1, -0.05) is 26.8 Å². The van der Waals surface area contributed by atoms with Crippen molar-refractivity contribution in [1.82, 2.24) is 0 Å². The molecule has 0 aromatic heterocycles. The second kappa shape index (κ2) is 4.65. The van der Waals surface area contributed by atoms with E-state index in [0.717, 1.165) is 5.56 Å². The van der Waals surface area contributed by atoms with Crippen LogP contribution in [0, 0.1) is 0 Å². The molecule has 94 valence electrons. The number of carboxylic acid groups (broad SMARTS) is 1. The van der Waals surface area contributed by atoms with Gasteiger partial charge in [0.15, 0.2) is 11.5 Å². The Morgan fingerprint density at radius 3 is 2.29 bits per heavy atom. The van der Waals surface area contributed by atoms with E-state index < -0.39 is 5.97 Å². The molecule has 4 heteroatoms. The van der Waals surface area contributed by atoms with E-state index in [9.17, 15) is 15.0 Å². The van der Waals surface area contributed by atoms with Gasteiger partial charge in [0.1, 0.15) is 0 Å². The Kier molecular flexibility index (Phi) is 3.66. The fourth-order valence-electron chi connectivity index (χ4n) is 1.54. The molecule has 0 spiro atoms. The zero-order valence-corrected chi connectivity index (χ0v) is 10.3. The van der Waals surface area contributed by atoms with Crippen LogP contribution >= 0.6 is 0 Å². The van der Waals surface area contributed by atoms with Crippen molar-refractivity contribution in [1.29, 1.82) is 0 Å². The van der Waals surface area contributed by atoms with Crippen LogP contribution < -0.4 is 0 Å². The molecule has 1 rings (SSSR count). The number of phenolic OH excluding ortho intramolecular Hbond substituents is 2. The molecule has 3 N–H and O–H groups in total. The first kappa shape index (κ1) is 13.4. The monoisotopic (exact) mass is 238 g/mol. The van der Waals surface area contributed by atoms with Gasteiger partial charge < -0.3 is 15.3 Å². The highest BCUT2D eigenvalue weighted by Gasteiger charge is 2.18. The summed E-state index contributed by atoms with van der Waals surface area (Å²) in [5.41, 5.74) is 1.17. The quantitative estimate of drug-likeness (QED) is 0.707. The van der Waals surface area contributed by atoms with Crippen LogP contribution in [0.2, 0.25) is 0 Å².